The molecule has 0 unspecified atom stereocenters. The molecule has 2 rings (SSSR count). The number of carbonyl (C=O) groups excluding carboxylic acids is 1. The van der Waals surface area contributed by atoms with Crippen molar-refractivity contribution in [3.63, 3.8) is 0 Å². The predicted molar refractivity (Wildman–Crippen MR) is 110 cm³/mol. The largest absolute Gasteiger partial charge is 0.508 e. The highest BCUT2D eigenvalue weighted by Gasteiger charge is 2.21. The second-order valence-electron chi connectivity index (χ2n) is 8.03. The summed E-state index contributed by atoms with van der Waals surface area (Å²) >= 11 is 0. The molecule has 0 bridgehead atoms. The van der Waals surface area contributed by atoms with E-state index in [0.717, 1.165) is 11.8 Å². The van der Waals surface area contributed by atoms with E-state index in [1.165, 1.54) is 77.0 Å². The van der Waals surface area contributed by atoms with Gasteiger partial charge in [0.25, 0.3) is 0 Å². The Bertz CT molecular complexity index is 279. The van der Waals surface area contributed by atoms with Gasteiger partial charge in [-0.15, -0.1) is 0 Å². The number of hydrogen-bond acceptors (Lipinski definition) is 3. The molecule has 2 aliphatic rings. The van der Waals surface area contributed by atoms with Crippen LogP contribution in [0.25, 0.3) is 0 Å². The summed E-state index contributed by atoms with van der Waals surface area (Å²) in [5.74, 6) is 2.20. The standard InChI is InChI=1S/C18H34.C5H10O3/c1-2-6-10-14-17(13-9-5-1)18-15-11-7-3-4-8-12-16-18;1-3-7-5(6)8-4-2/h17-18H,1-16H2;3-4H2,1-2H3. The van der Waals surface area contributed by atoms with E-state index in [2.05, 4.69) is 9.47 Å². The van der Waals surface area contributed by atoms with Gasteiger partial charge in [-0.05, 0) is 25.7 Å². The van der Waals surface area contributed by atoms with Gasteiger partial charge >= 0.3 is 6.16 Å². The van der Waals surface area contributed by atoms with Crippen LogP contribution in [0.15, 0.2) is 0 Å². The molecular weight excluding hydrogens is 324 g/mol. The maximum absolute atomic E-state index is 10.2. The number of carbonyl (C=O) groups is 1. The molecule has 0 aromatic rings. The van der Waals surface area contributed by atoms with Crippen molar-refractivity contribution >= 4 is 6.16 Å². The smallest absolute Gasteiger partial charge is 0.435 e. The first-order valence-electron chi connectivity index (χ1n) is 11.6. The Hall–Kier alpha value is -0.730. The van der Waals surface area contributed by atoms with Crippen molar-refractivity contribution in [1.82, 2.24) is 0 Å². The lowest BCUT2D eigenvalue weighted by Crippen LogP contribution is -2.15. The molecule has 26 heavy (non-hydrogen) atoms. The molecule has 0 aliphatic heterocycles. The van der Waals surface area contributed by atoms with E-state index in [9.17, 15) is 4.79 Å². The van der Waals surface area contributed by atoms with Crippen LogP contribution in [0.4, 0.5) is 4.79 Å². The lowest BCUT2D eigenvalue weighted by atomic mass is 9.79. The van der Waals surface area contributed by atoms with Crippen molar-refractivity contribution in [3.8, 4) is 0 Å². The van der Waals surface area contributed by atoms with Crippen molar-refractivity contribution in [2.75, 3.05) is 13.2 Å². The van der Waals surface area contributed by atoms with Crippen LogP contribution in [0.2, 0.25) is 0 Å². The molecule has 0 spiro atoms. The van der Waals surface area contributed by atoms with Gasteiger partial charge in [0.1, 0.15) is 0 Å². The highest BCUT2D eigenvalue weighted by atomic mass is 16.7. The van der Waals surface area contributed by atoms with Crippen LogP contribution in [0.5, 0.6) is 0 Å². The van der Waals surface area contributed by atoms with Gasteiger partial charge in [-0.2, -0.15) is 0 Å². The molecule has 0 radical (unpaired) electrons. The maximum atomic E-state index is 10.2. The van der Waals surface area contributed by atoms with E-state index in [0.29, 0.717) is 13.2 Å². The van der Waals surface area contributed by atoms with Crippen LogP contribution in [0, 0.1) is 11.8 Å². The number of rotatable bonds is 3. The molecule has 3 heteroatoms. The third-order valence-electron chi connectivity index (χ3n) is 5.99. The van der Waals surface area contributed by atoms with Crippen LogP contribution < -0.4 is 0 Å². The summed E-state index contributed by atoms with van der Waals surface area (Å²) in [4.78, 5) is 10.2. The van der Waals surface area contributed by atoms with Crippen LogP contribution in [0.1, 0.15) is 117 Å². The first-order valence-corrected chi connectivity index (χ1v) is 11.6. The van der Waals surface area contributed by atoms with Crippen molar-refractivity contribution in [1.29, 1.82) is 0 Å². The third-order valence-corrected chi connectivity index (χ3v) is 5.99. The second kappa shape index (κ2) is 16.4. The molecule has 0 N–H and O–H groups in total. The molecule has 0 aromatic heterocycles. The van der Waals surface area contributed by atoms with Crippen LogP contribution >= 0.6 is 0 Å². The maximum Gasteiger partial charge on any atom is 0.508 e. The molecular formula is C23H44O3. The van der Waals surface area contributed by atoms with Crippen molar-refractivity contribution in [2.24, 2.45) is 11.8 Å². The first-order chi connectivity index (χ1) is 12.8. The zero-order valence-electron chi connectivity index (χ0n) is 17.6. The topological polar surface area (TPSA) is 35.5 Å². The minimum Gasteiger partial charge on any atom is -0.435 e. The minimum absolute atomic E-state index is 0.374. The fourth-order valence-corrected chi connectivity index (χ4v) is 4.55. The monoisotopic (exact) mass is 368 g/mol. The molecule has 154 valence electrons. The Morgan fingerprint density at radius 1 is 0.577 bits per heavy atom. The fourth-order valence-electron chi connectivity index (χ4n) is 4.55. The van der Waals surface area contributed by atoms with Crippen LogP contribution in [0.3, 0.4) is 0 Å². The van der Waals surface area contributed by atoms with Gasteiger partial charge in [0.15, 0.2) is 0 Å². The molecule has 2 saturated carbocycles. The lowest BCUT2D eigenvalue weighted by molar-refractivity contribution is 0.0630. The predicted octanol–water partition coefficient (Wildman–Crippen LogP) is 7.67. The molecule has 2 aliphatic carbocycles. The Kier molecular flexibility index (Phi) is 14.7. The highest BCUT2D eigenvalue weighted by Crippen LogP contribution is 2.35. The van der Waals surface area contributed by atoms with Gasteiger partial charge in [0, 0.05) is 0 Å². The summed E-state index contributed by atoms with van der Waals surface area (Å²) in [5.41, 5.74) is 0. The van der Waals surface area contributed by atoms with E-state index in [1.807, 2.05) is 0 Å². The first kappa shape index (κ1) is 23.3. The molecule has 3 nitrogen and oxygen atoms in total. The molecule has 0 aromatic carbocycles. The van der Waals surface area contributed by atoms with E-state index >= 15 is 0 Å². The van der Waals surface area contributed by atoms with E-state index in [1.54, 1.807) is 39.5 Å². The van der Waals surface area contributed by atoms with Gasteiger partial charge in [0.2, 0.25) is 0 Å². The van der Waals surface area contributed by atoms with E-state index < -0.39 is 6.16 Å². The van der Waals surface area contributed by atoms with Gasteiger partial charge in [-0.1, -0.05) is 103 Å². The molecule has 0 saturated heterocycles. The van der Waals surface area contributed by atoms with E-state index in [4.69, 9.17) is 0 Å². The SMILES string of the molecule is C1CCCCC(C2CCCCCCCC2)CCC1.CCOC(=O)OCC. The molecule has 0 heterocycles. The van der Waals surface area contributed by atoms with Gasteiger partial charge < -0.3 is 9.47 Å². The van der Waals surface area contributed by atoms with Crippen LogP contribution in [-0.2, 0) is 9.47 Å². The van der Waals surface area contributed by atoms with Crippen molar-refractivity contribution in [3.05, 3.63) is 0 Å². The molecule has 0 amide bonds. The fraction of sp³-hybridized carbons (Fsp3) is 0.957. The number of hydrogen-bond donors (Lipinski definition) is 0. The van der Waals surface area contributed by atoms with Crippen molar-refractivity contribution in [2.45, 2.75) is 117 Å². The Morgan fingerprint density at radius 2 is 0.846 bits per heavy atom. The lowest BCUT2D eigenvalue weighted by Gasteiger charge is -2.27. The normalized spacial score (nSPS) is 21.5. The second-order valence-corrected chi connectivity index (χ2v) is 8.03. The number of ether oxygens (including phenoxy) is 2. The summed E-state index contributed by atoms with van der Waals surface area (Å²) in [7, 11) is 0. The highest BCUT2D eigenvalue weighted by molar-refractivity contribution is 5.59. The average Bonchev–Trinajstić information content (AvgIpc) is 2.85. The zero-order valence-corrected chi connectivity index (χ0v) is 17.6. The summed E-state index contributed by atoms with van der Waals surface area (Å²) < 4.78 is 8.84. The van der Waals surface area contributed by atoms with E-state index in [-0.39, 0.29) is 0 Å². The third kappa shape index (κ3) is 11.8. The van der Waals surface area contributed by atoms with Gasteiger partial charge in [-0.25, -0.2) is 4.79 Å². The Balaban J connectivity index is 0.000000359. The summed E-state index contributed by atoms with van der Waals surface area (Å²) in [5, 5.41) is 0. The summed E-state index contributed by atoms with van der Waals surface area (Å²) in [6, 6.07) is 0. The zero-order chi connectivity index (χ0) is 18.9. The summed E-state index contributed by atoms with van der Waals surface area (Å²) in [6.07, 6.45) is 23.9. The summed E-state index contributed by atoms with van der Waals surface area (Å²) in [6.45, 7) is 4.21. The quantitative estimate of drug-likeness (QED) is 0.479. The molecule has 0 atom stereocenters. The van der Waals surface area contributed by atoms with Gasteiger partial charge in [0.05, 0.1) is 13.2 Å². The Labute approximate surface area is 162 Å². The Morgan fingerprint density at radius 3 is 1.12 bits per heavy atom. The minimum atomic E-state index is -0.588. The average molecular weight is 369 g/mol. The van der Waals surface area contributed by atoms with Gasteiger partial charge in [-0.3, -0.25) is 0 Å². The van der Waals surface area contributed by atoms with Crippen LogP contribution in [-0.4, -0.2) is 19.4 Å². The molecule has 2 fully saturated rings. The van der Waals surface area contributed by atoms with Crippen molar-refractivity contribution < 1.29 is 14.3 Å².